The maximum atomic E-state index is 6.23. The number of nitrogens with zero attached hydrogens (tertiary/aromatic N) is 2. The van der Waals surface area contributed by atoms with Crippen molar-refractivity contribution < 1.29 is 4.74 Å². The van der Waals surface area contributed by atoms with Gasteiger partial charge in [0.2, 0.25) is 0 Å². The molecule has 114 valence electrons. The first-order valence-corrected chi connectivity index (χ1v) is 7.99. The van der Waals surface area contributed by atoms with Crippen molar-refractivity contribution in [1.82, 2.24) is 15.1 Å². The van der Waals surface area contributed by atoms with E-state index < -0.39 is 0 Å². The summed E-state index contributed by atoms with van der Waals surface area (Å²) in [7, 11) is 4.05. The number of ether oxygens (including phenoxy) is 1. The van der Waals surface area contributed by atoms with Crippen molar-refractivity contribution in [3.8, 4) is 0 Å². The molecular weight excluding hydrogens is 250 g/mol. The van der Waals surface area contributed by atoms with Crippen LogP contribution in [0.4, 0.5) is 0 Å². The molecule has 20 heavy (non-hydrogen) atoms. The third-order valence-electron chi connectivity index (χ3n) is 4.60. The second-order valence-corrected chi connectivity index (χ2v) is 5.96. The molecule has 0 radical (unpaired) electrons. The van der Waals surface area contributed by atoms with Gasteiger partial charge in [-0.15, -0.1) is 0 Å². The van der Waals surface area contributed by atoms with Crippen LogP contribution in [0.25, 0.3) is 0 Å². The highest BCUT2D eigenvalue weighted by Crippen LogP contribution is 2.36. The minimum Gasteiger partial charge on any atom is -0.374 e. The number of likely N-dealkylation sites (N-methyl/N-ethyl adjacent to an activating group) is 1. The lowest BCUT2D eigenvalue weighted by molar-refractivity contribution is -0.0899. The van der Waals surface area contributed by atoms with Gasteiger partial charge in [0.05, 0.1) is 11.8 Å². The Hall–Kier alpha value is -0.870. The highest BCUT2D eigenvalue weighted by atomic mass is 16.5. The average molecular weight is 279 g/mol. The Kier molecular flexibility index (Phi) is 5.61. The summed E-state index contributed by atoms with van der Waals surface area (Å²) < 4.78 is 8.11. The van der Waals surface area contributed by atoms with E-state index >= 15 is 0 Å². The van der Waals surface area contributed by atoms with Crippen LogP contribution in [-0.4, -0.2) is 35.1 Å². The van der Waals surface area contributed by atoms with E-state index in [9.17, 15) is 0 Å². The van der Waals surface area contributed by atoms with Gasteiger partial charge < -0.3 is 10.1 Å². The molecule has 1 N–H and O–H groups in total. The van der Waals surface area contributed by atoms with Gasteiger partial charge in [-0.3, -0.25) is 4.68 Å². The Bertz CT molecular complexity index is 391. The van der Waals surface area contributed by atoms with Crippen molar-refractivity contribution in [3.63, 3.8) is 0 Å². The van der Waals surface area contributed by atoms with Crippen molar-refractivity contribution in [2.24, 2.45) is 7.05 Å². The largest absolute Gasteiger partial charge is 0.374 e. The van der Waals surface area contributed by atoms with Gasteiger partial charge >= 0.3 is 0 Å². The lowest BCUT2D eigenvalue weighted by atomic mass is 9.77. The highest BCUT2D eigenvalue weighted by molar-refractivity contribution is 5.05. The van der Waals surface area contributed by atoms with Gasteiger partial charge in [0.25, 0.3) is 0 Å². The van der Waals surface area contributed by atoms with E-state index in [-0.39, 0.29) is 5.60 Å². The summed E-state index contributed by atoms with van der Waals surface area (Å²) in [6.45, 7) is 2.93. The zero-order valence-electron chi connectivity index (χ0n) is 13.2. The molecule has 4 nitrogen and oxygen atoms in total. The summed E-state index contributed by atoms with van der Waals surface area (Å²) in [6, 6.07) is 0.433. The van der Waals surface area contributed by atoms with E-state index in [1.807, 2.05) is 17.9 Å². The molecule has 1 fully saturated rings. The molecule has 0 aliphatic heterocycles. The molecule has 1 atom stereocenters. The van der Waals surface area contributed by atoms with Crippen molar-refractivity contribution in [1.29, 1.82) is 0 Å². The standard InChI is InChI=1S/C16H29N3O/c1-4-20-16(10-6-5-7-11-16)15(17-2)9-8-14-12-18-19(3)13-14/h12-13,15,17H,4-11H2,1-3H3. The Balaban J connectivity index is 2.00. The monoisotopic (exact) mass is 279 g/mol. The fourth-order valence-electron chi connectivity index (χ4n) is 3.61. The van der Waals surface area contributed by atoms with Crippen LogP contribution in [0.3, 0.4) is 0 Å². The first-order chi connectivity index (χ1) is 9.70. The van der Waals surface area contributed by atoms with E-state index in [0.717, 1.165) is 19.4 Å². The van der Waals surface area contributed by atoms with Crippen LogP contribution in [0, 0.1) is 0 Å². The van der Waals surface area contributed by atoms with Gasteiger partial charge in [-0.2, -0.15) is 5.10 Å². The van der Waals surface area contributed by atoms with Crippen LogP contribution in [0.1, 0.15) is 51.0 Å². The molecule has 0 bridgehead atoms. The van der Waals surface area contributed by atoms with Crippen LogP contribution >= 0.6 is 0 Å². The maximum absolute atomic E-state index is 6.23. The van der Waals surface area contributed by atoms with Crippen molar-refractivity contribution in [2.75, 3.05) is 13.7 Å². The summed E-state index contributed by atoms with van der Waals surface area (Å²) in [4.78, 5) is 0. The van der Waals surface area contributed by atoms with E-state index in [0.29, 0.717) is 6.04 Å². The zero-order chi connectivity index (χ0) is 14.4. The molecule has 2 rings (SSSR count). The van der Waals surface area contributed by atoms with Gasteiger partial charge in [0.1, 0.15) is 0 Å². The lowest BCUT2D eigenvalue weighted by Crippen LogP contribution is -2.53. The molecule has 1 aliphatic carbocycles. The minimum absolute atomic E-state index is 0.0456. The molecule has 1 saturated carbocycles. The topological polar surface area (TPSA) is 39.1 Å². The number of aromatic nitrogens is 2. The molecule has 1 aromatic rings. The number of hydrogen-bond donors (Lipinski definition) is 1. The molecule has 0 amide bonds. The van der Waals surface area contributed by atoms with Gasteiger partial charge in [-0.1, -0.05) is 19.3 Å². The zero-order valence-corrected chi connectivity index (χ0v) is 13.2. The van der Waals surface area contributed by atoms with Crippen LogP contribution in [0.15, 0.2) is 12.4 Å². The average Bonchev–Trinajstić information content (AvgIpc) is 2.86. The maximum Gasteiger partial charge on any atom is 0.0834 e. The number of hydrogen-bond acceptors (Lipinski definition) is 3. The van der Waals surface area contributed by atoms with Crippen molar-refractivity contribution >= 4 is 0 Å². The van der Waals surface area contributed by atoms with E-state index in [4.69, 9.17) is 4.74 Å². The van der Waals surface area contributed by atoms with Crippen molar-refractivity contribution in [2.45, 2.75) is 63.5 Å². The first kappa shape index (κ1) is 15.5. The van der Waals surface area contributed by atoms with Gasteiger partial charge in [-0.25, -0.2) is 0 Å². The number of nitrogens with one attached hydrogen (secondary N) is 1. The summed E-state index contributed by atoms with van der Waals surface area (Å²) in [5.41, 5.74) is 1.36. The Morgan fingerprint density at radius 3 is 2.70 bits per heavy atom. The smallest absolute Gasteiger partial charge is 0.0834 e. The van der Waals surface area contributed by atoms with E-state index in [1.165, 1.54) is 37.7 Å². The van der Waals surface area contributed by atoms with Crippen molar-refractivity contribution in [3.05, 3.63) is 18.0 Å². The number of aryl methyl sites for hydroxylation is 2. The molecule has 0 aromatic carbocycles. The Morgan fingerprint density at radius 2 is 2.15 bits per heavy atom. The van der Waals surface area contributed by atoms with Crippen LogP contribution < -0.4 is 5.32 Å². The normalized spacial score (nSPS) is 19.9. The van der Waals surface area contributed by atoms with Gasteiger partial charge in [0, 0.05) is 25.9 Å². The molecule has 1 unspecified atom stereocenters. The summed E-state index contributed by atoms with van der Waals surface area (Å²) in [5, 5.41) is 7.77. The summed E-state index contributed by atoms with van der Waals surface area (Å²) in [6.07, 6.45) is 12.6. The SMILES string of the molecule is CCOC1(C(CCc2cnn(C)c2)NC)CCCCC1. The minimum atomic E-state index is 0.0456. The quantitative estimate of drug-likeness (QED) is 0.834. The molecule has 4 heteroatoms. The summed E-state index contributed by atoms with van der Waals surface area (Å²) in [5.74, 6) is 0. The summed E-state index contributed by atoms with van der Waals surface area (Å²) >= 11 is 0. The third-order valence-corrected chi connectivity index (χ3v) is 4.60. The van der Waals surface area contributed by atoms with Gasteiger partial charge in [-0.05, 0) is 45.2 Å². The van der Waals surface area contributed by atoms with Crippen LogP contribution in [0.2, 0.25) is 0 Å². The lowest BCUT2D eigenvalue weighted by Gasteiger charge is -2.43. The Labute approximate surface area is 122 Å². The third kappa shape index (κ3) is 3.61. The second kappa shape index (κ2) is 7.23. The predicted octanol–water partition coefficient (Wildman–Crippen LogP) is 2.68. The highest BCUT2D eigenvalue weighted by Gasteiger charge is 2.39. The fourth-order valence-corrected chi connectivity index (χ4v) is 3.61. The van der Waals surface area contributed by atoms with Crippen LogP contribution in [-0.2, 0) is 18.2 Å². The Morgan fingerprint density at radius 1 is 1.40 bits per heavy atom. The second-order valence-electron chi connectivity index (χ2n) is 5.96. The molecular formula is C16H29N3O. The number of rotatable bonds is 7. The first-order valence-electron chi connectivity index (χ1n) is 7.99. The van der Waals surface area contributed by atoms with E-state index in [1.54, 1.807) is 0 Å². The molecule has 1 heterocycles. The fraction of sp³-hybridized carbons (Fsp3) is 0.812. The van der Waals surface area contributed by atoms with E-state index in [2.05, 4.69) is 30.6 Å². The molecule has 1 aromatic heterocycles. The molecule has 1 aliphatic rings. The predicted molar refractivity (Wildman–Crippen MR) is 81.8 cm³/mol. The van der Waals surface area contributed by atoms with Gasteiger partial charge in [0.15, 0.2) is 0 Å². The molecule has 0 spiro atoms. The molecule has 0 saturated heterocycles. The van der Waals surface area contributed by atoms with Crippen LogP contribution in [0.5, 0.6) is 0 Å².